The van der Waals surface area contributed by atoms with Crippen LogP contribution in [-0.2, 0) is 7.05 Å². The van der Waals surface area contributed by atoms with Crippen molar-refractivity contribution >= 4 is 10.9 Å². The summed E-state index contributed by atoms with van der Waals surface area (Å²) in [6, 6.07) is 8.58. The number of aryl methyl sites for hydroxylation is 2. The van der Waals surface area contributed by atoms with Gasteiger partial charge in [-0.15, -0.1) is 0 Å². The second-order valence-electron chi connectivity index (χ2n) is 5.62. The van der Waals surface area contributed by atoms with Gasteiger partial charge >= 0.3 is 0 Å². The number of benzene rings is 1. The molecule has 0 bridgehead atoms. The van der Waals surface area contributed by atoms with Gasteiger partial charge in [-0.1, -0.05) is 19.9 Å². The number of fused-ring (bicyclic) bond motifs is 1. The Labute approximate surface area is 119 Å². The van der Waals surface area contributed by atoms with Crippen molar-refractivity contribution in [1.82, 2.24) is 14.8 Å². The summed E-state index contributed by atoms with van der Waals surface area (Å²) in [7, 11) is 1.96. The lowest BCUT2D eigenvalue weighted by molar-refractivity contribution is 0.797. The van der Waals surface area contributed by atoms with E-state index in [2.05, 4.69) is 55.1 Å². The number of aromatic nitrogens is 3. The van der Waals surface area contributed by atoms with E-state index in [-0.39, 0.29) is 0 Å². The normalized spacial score (nSPS) is 11.4. The Morgan fingerprint density at radius 1 is 1.10 bits per heavy atom. The van der Waals surface area contributed by atoms with Gasteiger partial charge in [0.1, 0.15) is 0 Å². The second-order valence-corrected chi connectivity index (χ2v) is 5.62. The van der Waals surface area contributed by atoms with Gasteiger partial charge in [0.25, 0.3) is 0 Å². The van der Waals surface area contributed by atoms with Gasteiger partial charge < -0.3 is 0 Å². The Bertz CT molecular complexity index is 769. The molecule has 102 valence electrons. The fourth-order valence-corrected chi connectivity index (χ4v) is 2.64. The molecule has 2 heterocycles. The summed E-state index contributed by atoms with van der Waals surface area (Å²) in [6.45, 7) is 6.56. The van der Waals surface area contributed by atoms with E-state index in [1.54, 1.807) is 0 Å². The third-order valence-electron chi connectivity index (χ3n) is 3.81. The van der Waals surface area contributed by atoms with E-state index in [1.165, 1.54) is 11.1 Å². The van der Waals surface area contributed by atoms with Gasteiger partial charge in [0, 0.05) is 24.2 Å². The molecule has 2 aromatic heterocycles. The first-order valence-electron chi connectivity index (χ1n) is 6.95. The Balaban J connectivity index is 2.12. The third-order valence-corrected chi connectivity index (χ3v) is 3.81. The molecule has 0 unspecified atom stereocenters. The lowest BCUT2D eigenvalue weighted by atomic mass is 9.97. The van der Waals surface area contributed by atoms with E-state index >= 15 is 0 Å². The lowest BCUT2D eigenvalue weighted by Crippen LogP contribution is -1.95. The van der Waals surface area contributed by atoms with Gasteiger partial charge in [-0.05, 0) is 42.2 Å². The first-order chi connectivity index (χ1) is 9.56. The highest BCUT2D eigenvalue weighted by Gasteiger charge is 2.08. The highest BCUT2D eigenvalue weighted by atomic mass is 15.2. The fourth-order valence-electron chi connectivity index (χ4n) is 2.64. The van der Waals surface area contributed by atoms with E-state index in [0.717, 1.165) is 22.2 Å². The minimum absolute atomic E-state index is 0.513. The topological polar surface area (TPSA) is 30.7 Å². The number of hydrogen-bond acceptors (Lipinski definition) is 2. The molecular weight excluding hydrogens is 246 g/mol. The summed E-state index contributed by atoms with van der Waals surface area (Å²) in [5, 5.41) is 5.44. The van der Waals surface area contributed by atoms with E-state index in [0.29, 0.717) is 5.92 Å². The largest absolute Gasteiger partial charge is 0.268 e. The summed E-state index contributed by atoms with van der Waals surface area (Å²) in [6.07, 6.45) is 3.87. The molecule has 0 atom stereocenters. The van der Waals surface area contributed by atoms with E-state index in [4.69, 9.17) is 0 Å². The maximum absolute atomic E-state index is 4.58. The first kappa shape index (κ1) is 12.9. The minimum Gasteiger partial charge on any atom is -0.268 e. The van der Waals surface area contributed by atoms with Crippen LogP contribution in [0.4, 0.5) is 0 Å². The Morgan fingerprint density at radius 3 is 2.65 bits per heavy atom. The van der Waals surface area contributed by atoms with Gasteiger partial charge in [0.2, 0.25) is 0 Å². The second kappa shape index (κ2) is 4.75. The van der Waals surface area contributed by atoms with Crippen molar-refractivity contribution in [2.45, 2.75) is 26.7 Å². The van der Waals surface area contributed by atoms with Crippen LogP contribution in [0.15, 0.2) is 36.7 Å². The SMILES string of the molecule is Cc1cnc(-c2ccc3c(cnn3C)c2)cc1C(C)C. The lowest BCUT2D eigenvalue weighted by Gasteiger charge is -2.11. The van der Waals surface area contributed by atoms with Gasteiger partial charge in [0.15, 0.2) is 0 Å². The summed E-state index contributed by atoms with van der Waals surface area (Å²) < 4.78 is 1.89. The van der Waals surface area contributed by atoms with Gasteiger partial charge in [-0.3, -0.25) is 9.67 Å². The van der Waals surface area contributed by atoms with Crippen LogP contribution in [0.1, 0.15) is 30.9 Å². The Morgan fingerprint density at radius 2 is 1.90 bits per heavy atom. The molecule has 20 heavy (non-hydrogen) atoms. The monoisotopic (exact) mass is 265 g/mol. The van der Waals surface area contributed by atoms with Crippen LogP contribution in [-0.4, -0.2) is 14.8 Å². The van der Waals surface area contributed by atoms with E-state index < -0.39 is 0 Å². The zero-order chi connectivity index (χ0) is 14.3. The van der Waals surface area contributed by atoms with Gasteiger partial charge in [-0.25, -0.2) is 0 Å². The van der Waals surface area contributed by atoms with Crippen molar-refractivity contribution in [3.05, 3.63) is 47.8 Å². The minimum atomic E-state index is 0.513. The van der Waals surface area contributed by atoms with Crippen LogP contribution in [0.25, 0.3) is 22.2 Å². The first-order valence-corrected chi connectivity index (χ1v) is 6.95. The molecule has 0 spiro atoms. The third kappa shape index (κ3) is 2.09. The van der Waals surface area contributed by atoms with Crippen molar-refractivity contribution < 1.29 is 0 Å². The molecule has 0 aliphatic rings. The number of rotatable bonds is 2. The average Bonchev–Trinajstić information content (AvgIpc) is 2.80. The molecule has 0 saturated carbocycles. The smallest absolute Gasteiger partial charge is 0.0705 e. The zero-order valence-corrected chi connectivity index (χ0v) is 12.4. The molecule has 0 radical (unpaired) electrons. The summed E-state index contributed by atoms with van der Waals surface area (Å²) in [5.41, 5.74) is 5.94. The molecule has 0 saturated heterocycles. The maximum Gasteiger partial charge on any atom is 0.0705 e. The van der Waals surface area contributed by atoms with Crippen molar-refractivity contribution in [2.75, 3.05) is 0 Å². The highest BCUT2D eigenvalue weighted by Crippen LogP contribution is 2.26. The predicted molar refractivity (Wildman–Crippen MR) is 82.8 cm³/mol. The molecule has 0 amide bonds. The van der Waals surface area contributed by atoms with Crippen LogP contribution >= 0.6 is 0 Å². The molecule has 0 aliphatic carbocycles. The van der Waals surface area contributed by atoms with Crippen LogP contribution in [0, 0.1) is 6.92 Å². The molecule has 0 fully saturated rings. The summed E-state index contributed by atoms with van der Waals surface area (Å²) >= 11 is 0. The molecule has 3 rings (SSSR count). The van der Waals surface area contributed by atoms with Crippen molar-refractivity contribution in [1.29, 1.82) is 0 Å². The Kier molecular flexibility index (Phi) is 3.05. The zero-order valence-electron chi connectivity index (χ0n) is 12.4. The van der Waals surface area contributed by atoms with Crippen LogP contribution < -0.4 is 0 Å². The molecule has 3 nitrogen and oxygen atoms in total. The molecule has 0 aliphatic heterocycles. The summed E-state index contributed by atoms with van der Waals surface area (Å²) in [5.74, 6) is 0.513. The van der Waals surface area contributed by atoms with Crippen LogP contribution in [0.3, 0.4) is 0 Å². The molecule has 1 aromatic carbocycles. The van der Waals surface area contributed by atoms with E-state index in [9.17, 15) is 0 Å². The number of nitrogens with zero attached hydrogens (tertiary/aromatic N) is 3. The van der Waals surface area contributed by atoms with Crippen molar-refractivity contribution in [3.63, 3.8) is 0 Å². The average molecular weight is 265 g/mol. The van der Waals surface area contributed by atoms with Crippen LogP contribution in [0.2, 0.25) is 0 Å². The number of hydrogen-bond donors (Lipinski definition) is 0. The molecular formula is C17H19N3. The quantitative estimate of drug-likeness (QED) is 0.699. The number of pyridine rings is 1. The molecule has 0 N–H and O–H groups in total. The fraction of sp³-hybridized carbons (Fsp3) is 0.294. The standard InChI is InChI=1S/C17H19N3/c1-11(2)15-8-16(18-9-12(15)3)13-5-6-17-14(7-13)10-19-20(17)4/h5-11H,1-4H3. The van der Waals surface area contributed by atoms with Crippen LogP contribution in [0.5, 0.6) is 0 Å². The maximum atomic E-state index is 4.58. The van der Waals surface area contributed by atoms with E-state index in [1.807, 2.05) is 24.1 Å². The Hall–Kier alpha value is -2.16. The van der Waals surface area contributed by atoms with Gasteiger partial charge in [0.05, 0.1) is 17.4 Å². The summed E-state index contributed by atoms with van der Waals surface area (Å²) in [4.78, 5) is 4.58. The highest BCUT2D eigenvalue weighted by molar-refractivity contribution is 5.83. The molecule has 3 aromatic rings. The van der Waals surface area contributed by atoms with Crippen molar-refractivity contribution in [2.24, 2.45) is 7.05 Å². The van der Waals surface area contributed by atoms with Crippen molar-refractivity contribution in [3.8, 4) is 11.3 Å². The molecule has 3 heteroatoms. The van der Waals surface area contributed by atoms with Gasteiger partial charge in [-0.2, -0.15) is 5.10 Å². The predicted octanol–water partition coefficient (Wildman–Crippen LogP) is 4.07.